The van der Waals surface area contributed by atoms with E-state index in [1.54, 1.807) is 0 Å². The van der Waals surface area contributed by atoms with E-state index in [0.29, 0.717) is 17.5 Å². The van der Waals surface area contributed by atoms with Crippen LogP contribution in [0.1, 0.15) is 54.5 Å². The van der Waals surface area contributed by atoms with E-state index in [-0.39, 0.29) is 5.95 Å². The van der Waals surface area contributed by atoms with Gasteiger partial charge in [-0.15, -0.1) is 5.10 Å². The van der Waals surface area contributed by atoms with Gasteiger partial charge >= 0.3 is 14.4 Å². The lowest BCUT2D eigenvalue weighted by Crippen LogP contribution is -2.09. The van der Waals surface area contributed by atoms with Gasteiger partial charge in [-0.3, -0.25) is 0 Å². The van der Waals surface area contributed by atoms with E-state index in [2.05, 4.69) is 37.5 Å². The van der Waals surface area contributed by atoms with Gasteiger partial charge in [-0.25, -0.2) is 0 Å². The summed E-state index contributed by atoms with van der Waals surface area (Å²) >= 11 is 0. The van der Waals surface area contributed by atoms with Gasteiger partial charge in [0.1, 0.15) is 0 Å². The maximum Gasteiger partial charge on any atom is 0.453 e. The summed E-state index contributed by atoms with van der Waals surface area (Å²) in [5, 5.41) is 3.57. The normalized spacial score (nSPS) is 17.4. The molecule has 0 atom stereocenters. The molecule has 2 aliphatic carbocycles. The first-order chi connectivity index (χ1) is 12.4. The van der Waals surface area contributed by atoms with Crippen LogP contribution in [0.5, 0.6) is 0 Å². The molecule has 148 valence electrons. The fourth-order valence-corrected chi connectivity index (χ4v) is 2.78. The molecule has 2 aliphatic rings. The summed E-state index contributed by atoms with van der Waals surface area (Å²) < 4.78 is 57.7. The van der Waals surface area contributed by atoms with Crippen molar-refractivity contribution in [3.8, 4) is 5.69 Å². The molecule has 1 aromatic heterocycles. The van der Waals surface area contributed by atoms with Crippen LogP contribution < -0.4 is 5.73 Å². The molecule has 2 saturated carbocycles. The Morgan fingerprint density at radius 2 is 1.67 bits per heavy atom. The average molecular weight is 443 g/mol. The van der Waals surface area contributed by atoms with E-state index >= 15 is 0 Å². The number of hydrogen-bond acceptors (Lipinski definition) is 5. The van der Waals surface area contributed by atoms with Crippen LogP contribution in [-0.4, -0.2) is 23.2 Å². The first kappa shape index (κ1) is 20.2. The van der Waals surface area contributed by atoms with Crippen molar-refractivity contribution in [3.63, 3.8) is 0 Å². The molecular weight excluding hydrogens is 428 g/mol. The Hall–Kier alpha value is -1.52. The van der Waals surface area contributed by atoms with Gasteiger partial charge in [0.2, 0.25) is 5.95 Å². The molecule has 4 rings (SSSR count). The molecule has 2 fully saturated rings. The van der Waals surface area contributed by atoms with E-state index in [1.807, 2.05) is 12.1 Å². The quantitative estimate of drug-likeness (QED) is 0.714. The predicted octanol–water partition coefficient (Wildman–Crippen LogP) is 4.33. The number of nitrogens with two attached hydrogens (primary N) is 1. The molecule has 0 unspecified atom stereocenters. The van der Waals surface area contributed by atoms with E-state index in [1.165, 1.54) is 18.4 Å². The van der Waals surface area contributed by atoms with Crippen molar-refractivity contribution in [2.24, 2.45) is 0 Å². The van der Waals surface area contributed by atoms with E-state index in [0.717, 1.165) is 23.1 Å². The van der Waals surface area contributed by atoms with Crippen LogP contribution in [0.3, 0.4) is 0 Å². The van der Waals surface area contributed by atoms with Crippen LogP contribution in [0.25, 0.3) is 5.69 Å². The molecule has 1 aromatic carbocycles. The summed E-state index contributed by atoms with van der Waals surface area (Å²) in [5.41, 5.74) is 8.58. The first-order valence-corrected chi connectivity index (χ1v) is 11.1. The van der Waals surface area contributed by atoms with Crippen LogP contribution >= 0.6 is 21.4 Å². The number of halogens is 5. The van der Waals surface area contributed by atoms with Crippen molar-refractivity contribution in [2.75, 3.05) is 5.73 Å². The summed E-state index contributed by atoms with van der Waals surface area (Å²) in [6.45, 7) is 0. The third-order valence-corrected chi connectivity index (χ3v) is 4.23. The molecular formula is C15H15Cl2F3N4O2S. The summed E-state index contributed by atoms with van der Waals surface area (Å²) in [5.74, 6) is -0.427. The highest BCUT2D eigenvalue weighted by molar-refractivity contribution is 8.31. The van der Waals surface area contributed by atoms with E-state index < -0.39 is 20.3 Å². The van der Waals surface area contributed by atoms with Gasteiger partial charge in [0.25, 0.3) is 5.82 Å². The van der Waals surface area contributed by atoms with Crippen LogP contribution in [0.4, 0.5) is 19.1 Å². The fourth-order valence-electron chi connectivity index (χ4n) is 2.78. The van der Waals surface area contributed by atoms with Gasteiger partial charge in [0, 0.05) is 21.4 Å². The molecule has 0 radical (unpaired) electrons. The van der Waals surface area contributed by atoms with Gasteiger partial charge in [0.15, 0.2) is 0 Å². The second-order valence-electron chi connectivity index (χ2n) is 6.45. The fraction of sp³-hybridized carbons (Fsp3) is 0.467. The molecule has 2 N–H and O–H groups in total. The molecule has 12 heteroatoms. The van der Waals surface area contributed by atoms with Crippen LogP contribution in [0.15, 0.2) is 18.2 Å². The first-order valence-electron chi connectivity index (χ1n) is 8.01. The van der Waals surface area contributed by atoms with Crippen LogP contribution in [-0.2, 0) is 14.4 Å². The summed E-state index contributed by atoms with van der Waals surface area (Å²) in [4.78, 5) is 3.35. The summed E-state index contributed by atoms with van der Waals surface area (Å²) in [7, 11) is 4.81. The Bertz CT molecular complexity index is 946. The molecule has 6 nitrogen and oxygen atoms in total. The lowest BCUT2D eigenvalue weighted by atomic mass is 10.0. The van der Waals surface area contributed by atoms with E-state index in [9.17, 15) is 13.2 Å². The minimum atomic E-state index is -4.59. The molecule has 0 saturated heterocycles. The van der Waals surface area contributed by atoms with Crippen molar-refractivity contribution >= 4 is 35.6 Å². The number of aromatic nitrogens is 3. The average Bonchev–Trinajstić information content (AvgIpc) is 3.42. The van der Waals surface area contributed by atoms with Crippen LogP contribution in [0, 0.1) is 0 Å². The van der Waals surface area contributed by atoms with Crippen LogP contribution in [0.2, 0.25) is 0 Å². The predicted molar refractivity (Wildman–Crippen MR) is 95.3 cm³/mol. The molecule has 1 heterocycles. The molecule has 2 aromatic rings. The third kappa shape index (κ3) is 5.49. The van der Waals surface area contributed by atoms with Gasteiger partial charge in [0.05, 0.1) is 5.69 Å². The molecule has 0 amide bonds. The molecule has 0 bridgehead atoms. The van der Waals surface area contributed by atoms with Crippen molar-refractivity contribution in [3.05, 3.63) is 35.2 Å². The number of anilines is 1. The SMILES string of the molecule is Nc1nc(C(F)(F)F)nn1-c1ccc(C2CC2)cc1C1CC1.O=S(=O)(Cl)Cl. The highest BCUT2D eigenvalue weighted by Gasteiger charge is 2.38. The highest BCUT2D eigenvalue weighted by atomic mass is 36.0. The Balaban J connectivity index is 0.000000376. The lowest BCUT2D eigenvalue weighted by molar-refractivity contribution is -0.144. The largest absolute Gasteiger partial charge is 0.453 e. The summed E-state index contributed by atoms with van der Waals surface area (Å²) in [6.07, 6.45) is -0.100. The standard InChI is InChI=1S/C15H15F3N4.Cl2O2S/c16-15(17,18)13-20-14(19)22(21-13)12-6-5-10(8-1-2-8)7-11(12)9-3-4-9;1-5(2,3)4/h5-9H,1-4H2,(H2,19,20,21);. The Morgan fingerprint density at radius 1 is 1.11 bits per heavy atom. The number of benzene rings is 1. The lowest BCUT2D eigenvalue weighted by Gasteiger charge is -2.11. The number of rotatable bonds is 3. The second-order valence-corrected chi connectivity index (χ2v) is 10.1. The van der Waals surface area contributed by atoms with Gasteiger partial charge in [-0.1, -0.05) is 12.1 Å². The number of nitrogens with zero attached hydrogens (tertiary/aromatic N) is 3. The van der Waals surface area contributed by atoms with Gasteiger partial charge in [-0.2, -0.15) is 31.3 Å². The highest BCUT2D eigenvalue weighted by Crippen LogP contribution is 2.47. The monoisotopic (exact) mass is 442 g/mol. The Kier molecular flexibility index (Phi) is 5.35. The number of hydrogen-bond donors (Lipinski definition) is 1. The second kappa shape index (κ2) is 7.14. The van der Waals surface area contributed by atoms with Crippen molar-refractivity contribution in [2.45, 2.75) is 43.7 Å². The zero-order valence-corrected chi connectivity index (χ0v) is 16.1. The maximum absolute atomic E-state index is 12.8. The smallest absolute Gasteiger partial charge is 0.368 e. The third-order valence-electron chi connectivity index (χ3n) is 4.23. The molecule has 0 aliphatic heterocycles. The maximum atomic E-state index is 12.8. The number of alkyl halides is 3. The zero-order valence-electron chi connectivity index (χ0n) is 13.7. The van der Waals surface area contributed by atoms with Gasteiger partial charge < -0.3 is 5.73 Å². The topological polar surface area (TPSA) is 90.9 Å². The van der Waals surface area contributed by atoms with Crippen molar-refractivity contribution < 1.29 is 21.6 Å². The van der Waals surface area contributed by atoms with Gasteiger partial charge in [-0.05, 0) is 54.7 Å². The minimum Gasteiger partial charge on any atom is -0.368 e. The zero-order chi connectivity index (χ0) is 20.0. The van der Waals surface area contributed by atoms with E-state index in [4.69, 9.17) is 14.2 Å². The molecule has 0 spiro atoms. The Labute approximate surface area is 162 Å². The Morgan fingerprint density at radius 3 is 2.11 bits per heavy atom. The van der Waals surface area contributed by atoms with Crippen molar-refractivity contribution in [1.29, 1.82) is 0 Å². The minimum absolute atomic E-state index is 0.228. The summed E-state index contributed by atoms with van der Waals surface area (Å²) in [6, 6.07) is 5.90. The molecule has 27 heavy (non-hydrogen) atoms. The van der Waals surface area contributed by atoms with Crippen molar-refractivity contribution in [1.82, 2.24) is 14.8 Å². The number of nitrogen functional groups attached to an aromatic ring is 1.